The summed E-state index contributed by atoms with van der Waals surface area (Å²) in [5.41, 5.74) is 0. The third-order valence-electron chi connectivity index (χ3n) is 2.35. The molecule has 0 spiro atoms. The summed E-state index contributed by atoms with van der Waals surface area (Å²) in [7, 11) is 0. The van der Waals surface area contributed by atoms with Crippen LogP contribution in [0.1, 0.15) is 25.7 Å². The number of aliphatic hydroxyl groups excluding tert-OH is 1. The van der Waals surface area contributed by atoms with Gasteiger partial charge < -0.3 is 10.4 Å². The van der Waals surface area contributed by atoms with Crippen molar-refractivity contribution in [2.45, 2.75) is 43.9 Å². The fourth-order valence-electron chi connectivity index (χ4n) is 1.66. The zero-order chi connectivity index (χ0) is 9.90. The van der Waals surface area contributed by atoms with Crippen LogP contribution in [-0.2, 0) is 0 Å². The highest BCUT2D eigenvalue weighted by Crippen LogP contribution is 2.28. The second-order valence-corrected chi connectivity index (χ2v) is 3.40. The van der Waals surface area contributed by atoms with Crippen LogP contribution in [0.25, 0.3) is 0 Å². The molecule has 2 unspecified atom stereocenters. The first-order valence-corrected chi connectivity index (χ1v) is 4.47. The first-order chi connectivity index (χ1) is 6.04. The van der Waals surface area contributed by atoms with Crippen molar-refractivity contribution < 1.29 is 18.3 Å². The maximum Gasteiger partial charge on any atom is 0.403 e. The molecule has 78 valence electrons. The highest BCUT2D eigenvalue weighted by molar-refractivity contribution is 4.84. The largest absolute Gasteiger partial charge is 0.403 e. The molecule has 0 radical (unpaired) electrons. The van der Waals surface area contributed by atoms with Gasteiger partial charge in [0.2, 0.25) is 0 Å². The summed E-state index contributed by atoms with van der Waals surface area (Å²) < 4.78 is 36.7. The van der Waals surface area contributed by atoms with Crippen LogP contribution in [-0.4, -0.2) is 30.0 Å². The van der Waals surface area contributed by atoms with Crippen LogP contribution < -0.4 is 5.32 Å². The molecule has 0 amide bonds. The Morgan fingerprint density at radius 1 is 1.31 bits per heavy atom. The second kappa shape index (κ2) is 4.28. The molecule has 1 aliphatic heterocycles. The Balaban J connectivity index is 2.42. The average molecular weight is 197 g/mol. The minimum Gasteiger partial charge on any atom is -0.396 e. The molecule has 0 aromatic carbocycles. The van der Waals surface area contributed by atoms with E-state index in [1.54, 1.807) is 0 Å². The molecule has 0 saturated carbocycles. The Hall–Kier alpha value is -0.290. The molecular weight excluding hydrogens is 183 g/mol. The topological polar surface area (TPSA) is 32.3 Å². The number of rotatable bonds is 2. The van der Waals surface area contributed by atoms with Crippen LogP contribution in [0.3, 0.4) is 0 Å². The molecule has 2 nitrogen and oxygen atoms in total. The van der Waals surface area contributed by atoms with Crippen molar-refractivity contribution in [2.75, 3.05) is 6.61 Å². The third-order valence-corrected chi connectivity index (χ3v) is 2.35. The van der Waals surface area contributed by atoms with E-state index >= 15 is 0 Å². The van der Waals surface area contributed by atoms with Crippen molar-refractivity contribution in [1.29, 1.82) is 0 Å². The lowest BCUT2D eigenvalue weighted by atomic mass is 9.96. The van der Waals surface area contributed by atoms with E-state index in [1.165, 1.54) is 0 Å². The second-order valence-electron chi connectivity index (χ2n) is 3.40. The molecular formula is C8H14F3NO. The van der Waals surface area contributed by atoms with E-state index < -0.39 is 12.2 Å². The van der Waals surface area contributed by atoms with Gasteiger partial charge in [-0.1, -0.05) is 6.42 Å². The lowest BCUT2D eigenvalue weighted by molar-refractivity contribution is -0.163. The third kappa shape index (κ3) is 3.15. The molecule has 0 aliphatic carbocycles. The molecule has 1 heterocycles. The summed E-state index contributed by atoms with van der Waals surface area (Å²) in [4.78, 5) is 0. The van der Waals surface area contributed by atoms with Crippen molar-refractivity contribution in [1.82, 2.24) is 5.32 Å². The Morgan fingerprint density at radius 2 is 2.00 bits per heavy atom. The van der Waals surface area contributed by atoms with E-state index in [-0.39, 0.29) is 19.1 Å². The lowest BCUT2D eigenvalue weighted by Gasteiger charge is -2.31. The fraction of sp³-hybridized carbons (Fsp3) is 1.00. The normalized spacial score (nSPS) is 30.5. The Kier molecular flexibility index (Phi) is 3.55. The van der Waals surface area contributed by atoms with Crippen LogP contribution in [0, 0.1) is 0 Å². The predicted molar refractivity (Wildman–Crippen MR) is 42.3 cm³/mol. The number of aliphatic hydroxyl groups is 1. The average Bonchev–Trinajstić information content (AvgIpc) is 2.04. The summed E-state index contributed by atoms with van der Waals surface area (Å²) >= 11 is 0. The van der Waals surface area contributed by atoms with Crippen molar-refractivity contribution in [2.24, 2.45) is 0 Å². The summed E-state index contributed by atoms with van der Waals surface area (Å²) in [5.74, 6) is 0. The van der Waals surface area contributed by atoms with Gasteiger partial charge in [-0.25, -0.2) is 0 Å². The van der Waals surface area contributed by atoms with E-state index in [2.05, 4.69) is 5.32 Å². The van der Waals surface area contributed by atoms with Gasteiger partial charge in [-0.15, -0.1) is 0 Å². The van der Waals surface area contributed by atoms with Crippen LogP contribution in [0.4, 0.5) is 13.2 Å². The zero-order valence-corrected chi connectivity index (χ0v) is 7.27. The van der Waals surface area contributed by atoms with Crippen molar-refractivity contribution in [3.05, 3.63) is 0 Å². The molecule has 2 atom stereocenters. The Morgan fingerprint density at radius 3 is 2.54 bits per heavy atom. The first-order valence-electron chi connectivity index (χ1n) is 4.47. The van der Waals surface area contributed by atoms with Crippen molar-refractivity contribution >= 4 is 0 Å². The molecule has 13 heavy (non-hydrogen) atoms. The van der Waals surface area contributed by atoms with Crippen molar-refractivity contribution in [3.8, 4) is 0 Å². The van der Waals surface area contributed by atoms with Crippen LogP contribution in [0.2, 0.25) is 0 Å². The van der Waals surface area contributed by atoms with Gasteiger partial charge in [0.15, 0.2) is 0 Å². The minimum absolute atomic E-state index is 0.0533. The summed E-state index contributed by atoms with van der Waals surface area (Å²) in [5, 5.41) is 11.1. The van der Waals surface area contributed by atoms with Gasteiger partial charge in [0.1, 0.15) is 6.04 Å². The lowest BCUT2D eigenvalue weighted by Crippen LogP contribution is -2.50. The van der Waals surface area contributed by atoms with E-state index in [4.69, 9.17) is 5.11 Å². The molecule has 0 aromatic heterocycles. The first kappa shape index (κ1) is 10.8. The molecule has 1 aliphatic rings. The van der Waals surface area contributed by atoms with Gasteiger partial charge in [-0.05, 0) is 19.3 Å². The SMILES string of the molecule is OCCC1CCCC(C(F)(F)F)N1. The maximum absolute atomic E-state index is 12.2. The highest BCUT2D eigenvalue weighted by Gasteiger charge is 2.41. The molecule has 5 heteroatoms. The van der Waals surface area contributed by atoms with Gasteiger partial charge in [-0.3, -0.25) is 0 Å². The molecule has 0 aromatic rings. The molecule has 1 rings (SSSR count). The number of nitrogens with one attached hydrogen (secondary N) is 1. The summed E-state index contributed by atoms with van der Waals surface area (Å²) in [6.07, 6.45) is -2.26. The highest BCUT2D eigenvalue weighted by atomic mass is 19.4. The smallest absolute Gasteiger partial charge is 0.396 e. The summed E-state index contributed by atoms with van der Waals surface area (Å²) in [6.45, 7) is -0.0533. The zero-order valence-electron chi connectivity index (χ0n) is 7.27. The monoisotopic (exact) mass is 197 g/mol. The van der Waals surface area contributed by atoms with Gasteiger partial charge in [0.05, 0.1) is 0 Å². The molecule has 2 N–H and O–H groups in total. The molecule has 1 saturated heterocycles. The van der Waals surface area contributed by atoms with E-state index in [1.807, 2.05) is 0 Å². The van der Waals surface area contributed by atoms with E-state index in [0.29, 0.717) is 12.8 Å². The number of alkyl halides is 3. The van der Waals surface area contributed by atoms with E-state index in [0.717, 1.165) is 6.42 Å². The van der Waals surface area contributed by atoms with Gasteiger partial charge in [0, 0.05) is 12.6 Å². The van der Waals surface area contributed by atoms with Crippen LogP contribution >= 0.6 is 0 Å². The number of hydrogen-bond acceptors (Lipinski definition) is 2. The van der Waals surface area contributed by atoms with Gasteiger partial charge in [-0.2, -0.15) is 13.2 Å². The number of hydrogen-bond donors (Lipinski definition) is 2. The van der Waals surface area contributed by atoms with Crippen LogP contribution in [0.15, 0.2) is 0 Å². The predicted octanol–water partition coefficient (Wildman–Crippen LogP) is 1.44. The molecule has 0 bridgehead atoms. The van der Waals surface area contributed by atoms with Gasteiger partial charge in [0.25, 0.3) is 0 Å². The van der Waals surface area contributed by atoms with E-state index in [9.17, 15) is 13.2 Å². The van der Waals surface area contributed by atoms with Crippen LogP contribution in [0.5, 0.6) is 0 Å². The fourth-order valence-corrected chi connectivity index (χ4v) is 1.66. The van der Waals surface area contributed by atoms with Crippen molar-refractivity contribution in [3.63, 3.8) is 0 Å². The standard InChI is InChI=1S/C8H14F3NO/c9-8(10,11)7-3-1-2-6(12-7)4-5-13/h6-7,12-13H,1-5H2. The molecule has 1 fully saturated rings. The Labute approximate surface area is 75.1 Å². The summed E-state index contributed by atoms with van der Waals surface area (Å²) in [6, 6.07) is -1.55. The quantitative estimate of drug-likeness (QED) is 0.702. The van der Waals surface area contributed by atoms with Gasteiger partial charge >= 0.3 is 6.18 Å². The Bertz CT molecular complexity index is 158. The maximum atomic E-state index is 12.2. The number of halogens is 3. The minimum atomic E-state index is -4.14. The number of piperidine rings is 1.